The molecule has 220 valence electrons. The Hall–Kier alpha value is -5.21. The molecule has 1 aliphatic heterocycles. The summed E-state index contributed by atoms with van der Waals surface area (Å²) in [5.74, 6) is 0.800. The van der Waals surface area contributed by atoms with Gasteiger partial charge < -0.3 is 14.2 Å². The highest BCUT2D eigenvalue weighted by Gasteiger charge is 2.35. The van der Waals surface area contributed by atoms with Crippen molar-refractivity contribution in [3.63, 3.8) is 0 Å². The molecule has 0 fully saturated rings. The van der Waals surface area contributed by atoms with Gasteiger partial charge in [0.15, 0.2) is 4.80 Å². The summed E-state index contributed by atoms with van der Waals surface area (Å²) in [6.07, 6.45) is 1.82. The second kappa shape index (κ2) is 13.0. The predicted molar refractivity (Wildman–Crippen MR) is 171 cm³/mol. The molecule has 0 N–H and O–H groups in total. The lowest BCUT2D eigenvalue weighted by atomic mass is 9.93. The summed E-state index contributed by atoms with van der Waals surface area (Å²) < 4.78 is 19.1. The van der Waals surface area contributed by atoms with E-state index in [-0.39, 0.29) is 12.2 Å². The zero-order valence-electron chi connectivity index (χ0n) is 24.3. The van der Waals surface area contributed by atoms with Gasteiger partial charge >= 0.3 is 5.97 Å². The number of rotatable bonds is 9. The molecule has 5 aromatic rings. The van der Waals surface area contributed by atoms with Crippen molar-refractivity contribution in [3.8, 4) is 11.5 Å². The molecular weight excluding hydrogens is 572 g/mol. The largest absolute Gasteiger partial charge is 0.497 e. The van der Waals surface area contributed by atoms with Crippen molar-refractivity contribution in [2.75, 3.05) is 13.7 Å². The molecule has 1 aliphatic rings. The number of para-hydroxylation sites is 1. The molecule has 1 aromatic heterocycles. The molecule has 4 aromatic carbocycles. The molecule has 0 bridgehead atoms. The number of methoxy groups -OCH3 is 1. The van der Waals surface area contributed by atoms with Crippen LogP contribution in [0.5, 0.6) is 11.5 Å². The Morgan fingerprint density at radius 1 is 0.909 bits per heavy atom. The fourth-order valence-electron chi connectivity index (χ4n) is 5.15. The lowest BCUT2D eigenvalue weighted by Crippen LogP contribution is -2.40. The first-order valence-corrected chi connectivity index (χ1v) is 15.1. The van der Waals surface area contributed by atoms with Crippen LogP contribution in [0, 0.1) is 0 Å². The van der Waals surface area contributed by atoms with E-state index in [1.54, 1.807) is 18.6 Å². The maximum absolute atomic E-state index is 14.2. The maximum atomic E-state index is 14.2. The van der Waals surface area contributed by atoms with E-state index in [2.05, 4.69) is 0 Å². The monoisotopic (exact) mass is 602 g/mol. The number of aromatic nitrogens is 1. The molecule has 6 rings (SSSR count). The Balaban J connectivity index is 1.53. The molecule has 2 heterocycles. The lowest BCUT2D eigenvalue weighted by molar-refractivity contribution is -0.138. The molecule has 0 saturated heterocycles. The Labute approximate surface area is 258 Å². The van der Waals surface area contributed by atoms with Crippen molar-refractivity contribution in [1.82, 2.24) is 4.57 Å². The Morgan fingerprint density at radius 3 is 2.30 bits per heavy atom. The van der Waals surface area contributed by atoms with E-state index in [9.17, 15) is 9.59 Å². The first kappa shape index (κ1) is 28.9. The Morgan fingerprint density at radius 2 is 1.59 bits per heavy atom. The van der Waals surface area contributed by atoms with Crippen LogP contribution >= 0.6 is 11.3 Å². The highest BCUT2D eigenvalue weighted by molar-refractivity contribution is 7.07. The Bertz CT molecular complexity index is 2000. The molecule has 0 aliphatic carbocycles. The number of ether oxygens (including phenoxy) is 3. The van der Waals surface area contributed by atoms with Crippen LogP contribution in [-0.4, -0.2) is 24.3 Å². The summed E-state index contributed by atoms with van der Waals surface area (Å²) in [5, 5.41) is 0. The van der Waals surface area contributed by atoms with Crippen molar-refractivity contribution in [3.05, 3.63) is 157 Å². The van der Waals surface area contributed by atoms with E-state index in [0.29, 0.717) is 38.7 Å². The number of esters is 1. The molecule has 0 radical (unpaired) electrons. The second-order valence-electron chi connectivity index (χ2n) is 10.0. The smallest absolute Gasteiger partial charge is 0.338 e. The van der Waals surface area contributed by atoms with E-state index in [1.165, 1.54) is 11.3 Å². The van der Waals surface area contributed by atoms with Gasteiger partial charge in [-0.1, -0.05) is 102 Å². The van der Waals surface area contributed by atoms with Crippen LogP contribution < -0.4 is 24.4 Å². The molecule has 8 heteroatoms. The van der Waals surface area contributed by atoms with Crippen LogP contribution in [0.3, 0.4) is 0 Å². The van der Waals surface area contributed by atoms with Gasteiger partial charge in [0.1, 0.15) is 18.1 Å². The van der Waals surface area contributed by atoms with Gasteiger partial charge in [0.2, 0.25) is 0 Å². The fourth-order valence-corrected chi connectivity index (χ4v) is 6.14. The topological polar surface area (TPSA) is 79.1 Å². The van der Waals surface area contributed by atoms with Crippen LogP contribution in [0.15, 0.2) is 125 Å². The number of fused-ring (bicyclic) bond motifs is 1. The fraction of sp³-hybridized carbons (Fsp3) is 0.139. The van der Waals surface area contributed by atoms with Gasteiger partial charge in [-0.3, -0.25) is 9.36 Å². The van der Waals surface area contributed by atoms with Gasteiger partial charge in [-0.25, -0.2) is 9.79 Å². The standard InChI is InChI=1S/C36H30N2O5S/c1-3-42-35(40)31-32(25-14-8-5-9-15-25)37-36-38(33(31)26-18-20-28(41-2)21-19-26)34(39)30(44-36)22-27-16-10-11-17-29(27)43-23-24-12-6-4-7-13-24/h4-22,33H,3,23H2,1-2H3/b30-22+/t33-/m1/s1. The third kappa shape index (κ3) is 5.85. The molecule has 7 nitrogen and oxygen atoms in total. The number of hydrogen-bond donors (Lipinski definition) is 0. The minimum absolute atomic E-state index is 0.184. The van der Waals surface area contributed by atoms with Gasteiger partial charge in [0.25, 0.3) is 5.56 Å². The van der Waals surface area contributed by atoms with E-state index >= 15 is 0 Å². The zero-order valence-corrected chi connectivity index (χ0v) is 25.1. The number of carbonyl (C=O) groups is 1. The molecule has 1 atom stereocenters. The summed E-state index contributed by atoms with van der Waals surface area (Å²) in [4.78, 5) is 33.3. The summed E-state index contributed by atoms with van der Waals surface area (Å²) in [7, 11) is 1.59. The minimum atomic E-state index is -0.766. The van der Waals surface area contributed by atoms with Crippen molar-refractivity contribution < 1.29 is 19.0 Å². The quantitative estimate of drug-likeness (QED) is 0.208. The first-order valence-electron chi connectivity index (χ1n) is 14.3. The van der Waals surface area contributed by atoms with Crippen LogP contribution in [0.1, 0.15) is 35.2 Å². The van der Waals surface area contributed by atoms with Crippen LogP contribution in [0.2, 0.25) is 0 Å². The third-order valence-corrected chi connectivity index (χ3v) is 8.23. The zero-order chi connectivity index (χ0) is 30.5. The molecule has 0 saturated carbocycles. The van der Waals surface area contributed by atoms with E-state index < -0.39 is 12.0 Å². The van der Waals surface area contributed by atoms with Gasteiger partial charge in [-0.2, -0.15) is 0 Å². The SMILES string of the molecule is CCOC(=O)C1=C(c2ccccc2)N=c2s/c(=C/c3ccccc3OCc3ccccc3)c(=O)n2[C@@H]1c1ccc(OC)cc1. The van der Waals surface area contributed by atoms with E-state index in [1.807, 2.05) is 115 Å². The highest BCUT2D eigenvalue weighted by atomic mass is 32.1. The number of thiazole rings is 1. The number of carbonyl (C=O) groups excluding carboxylic acids is 1. The molecule has 0 amide bonds. The van der Waals surface area contributed by atoms with Crippen LogP contribution in [0.25, 0.3) is 11.8 Å². The average Bonchev–Trinajstić information content (AvgIpc) is 3.38. The lowest BCUT2D eigenvalue weighted by Gasteiger charge is -2.26. The second-order valence-corrected chi connectivity index (χ2v) is 11.0. The summed E-state index contributed by atoms with van der Waals surface area (Å²) in [6.45, 7) is 2.34. The van der Waals surface area contributed by atoms with Crippen LogP contribution in [0.4, 0.5) is 0 Å². The number of nitrogens with zero attached hydrogens (tertiary/aromatic N) is 2. The van der Waals surface area contributed by atoms with Crippen LogP contribution in [-0.2, 0) is 16.1 Å². The summed E-state index contributed by atoms with van der Waals surface area (Å²) in [5.41, 5.74) is 3.81. The van der Waals surface area contributed by atoms with Gasteiger partial charge in [-0.15, -0.1) is 0 Å². The van der Waals surface area contributed by atoms with Crippen molar-refractivity contribution in [2.24, 2.45) is 4.99 Å². The van der Waals surface area contributed by atoms with Gasteiger partial charge in [0.05, 0.1) is 35.6 Å². The van der Waals surface area contributed by atoms with Crippen molar-refractivity contribution in [1.29, 1.82) is 0 Å². The van der Waals surface area contributed by atoms with E-state index in [4.69, 9.17) is 19.2 Å². The Kier molecular flexibility index (Phi) is 8.52. The third-order valence-electron chi connectivity index (χ3n) is 7.25. The summed E-state index contributed by atoms with van der Waals surface area (Å²) in [6, 6.07) is 33.6. The predicted octanol–water partition coefficient (Wildman–Crippen LogP) is 5.52. The molecule has 0 spiro atoms. The number of hydrogen-bond acceptors (Lipinski definition) is 7. The number of benzene rings is 4. The first-order chi connectivity index (χ1) is 21.6. The van der Waals surface area contributed by atoms with Crippen molar-refractivity contribution in [2.45, 2.75) is 19.6 Å². The maximum Gasteiger partial charge on any atom is 0.338 e. The molecular formula is C36H30N2O5S. The average molecular weight is 603 g/mol. The normalized spacial score (nSPS) is 14.5. The molecule has 44 heavy (non-hydrogen) atoms. The summed E-state index contributed by atoms with van der Waals surface area (Å²) >= 11 is 1.27. The van der Waals surface area contributed by atoms with Gasteiger partial charge in [0, 0.05) is 11.1 Å². The highest BCUT2D eigenvalue weighted by Crippen LogP contribution is 2.35. The van der Waals surface area contributed by atoms with E-state index in [0.717, 1.165) is 22.3 Å². The van der Waals surface area contributed by atoms with Crippen molar-refractivity contribution >= 4 is 29.1 Å². The van der Waals surface area contributed by atoms with Gasteiger partial charge in [-0.05, 0) is 42.3 Å². The molecule has 0 unspecified atom stereocenters. The minimum Gasteiger partial charge on any atom is -0.497 e.